The fourth-order valence-electron chi connectivity index (χ4n) is 3.11. The largest absolute Gasteiger partial charge is 0.467 e. The first-order valence-electron chi connectivity index (χ1n) is 8.87. The Labute approximate surface area is 162 Å². The van der Waals surface area contributed by atoms with Gasteiger partial charge in [-0.05, 0) is 17.7 Å². The summed E-state index contributed by atoms with van der Waals surface area (Å²) in [6.07, 6.45) is 0.181. The van der Waals surface area contributed by atoms with Gasteiger partial charge in [0.2, 0.25) is 5.91 Å². The zero-order valence-corrected chi connectivity index (χ0v) is 15.4. The van der Waals surface area contributed by atoms with Crippen LogP contribution >= 0.6 is 0 Å². The number of carbonyl (C=O) groups excluding carboxylic acids is 4. The maximum Gasteiger partial charge on any atom is 0.328 e. The van der Waals surface area contributed by atoms with Gasteiger partial charge in [0.15, 0.2) is 0 Å². The van der Waals surface area contributed by atoms with E-state index >= 15 is 0 Å². The molecular weight excluding hydrogens is 360 g/mol. The molecule has 0 saturated carbocycles. The van der Waals surface area contributed by atoms with Crippen molar-refractivity contribution in [3.05, 3.63) is 71.3 Å². The highest BCUT2D eigenvalue weighted by Crippen LogP contribution is 2.22. The molecule has 0 radical (unpaired) electrons. The molecule has 0 spiro atoms. The predicted molar refractivity (Wildman–Crippen MR) is 101 cm³/mol. The summed E-state index contributed by atoms with van der Waals surface area (Å²) in [5.74, 6) is -1.83. The van der Waals surface area contributed by atoms with Crippen LogP contribution in [0, 0.1) is 0 Å². The number of esters is 1. The zero-order valence-electron chi connectivity index (χ0n) is 15.4. The van der Waals surface area contributed by atoms with E-state index in [1.54, 1.807) is 24.3 Å². The number of hydrogen-bond acceptors (Lipinski definition) is 5. The van der Waals surface area contributed by atoms with Crippen molar-refractivity contribution in [1.29, 1.82) is 0 Å². The molecular formula is C21H20N2O5. The first-order valence-corrected chi connectivity index (χ1v) is 8.87. The van der Waals surface area contributed by atoms with Crippen LogP contribution in [-0.2, 0) is 20.7 Å². The van der Waals surface area contributed by atoms with E-state index in [0.717, 1.165) is 10.5 Å². The Bertz CT molecular complexity index is 875. The minimum atomic E-state index is -0.845. The van der Waals surface area contributed by atoms with Crippen molar-refractivity contribution >= 4 is 23.7 Å². The predicted octanol–water partition coefficient (Wildman–Crippen LogP) is 1.57. The number of nitrogens with zero attached hydrogens (tertiary/aromatic N) is 1. The van der Waals surface area contributed by atoms with Gasteiger partial charge in [-0.25, -0.2) is 4.79 Å². The number of methoxy groups -OCH3 is 1. The highest BCUT2D eigenvalue weighted by atomic mass is 16.5. The van der Waals surface area contributed by atoms with Gasteiger partial charge in [0.1, 0.15) is 6.04 Å². The quantitative estimate of drug-likeness (QED) is 0.581. The second-order valence-corrected chi connectivity index (χ2v) is 6.39. The Balaban J connectivity index is 1.60. The molecule has 0 fully saturated rings. The second kappa shape index (κ2) is 8.47. The van der Waals surface area contributed by atoms with Crippen LogP contribution in [0.1, 0.15) is 32.7 Å². The molecule has 1 aliphatic rings. The van der Waals surface area contributed by atoms with Crippen molar-refractivity contribution in [3.63, 3.8) is 0 Å². The average molecular weight is 380 g/mol. The maximum absolute atomic E-state index is 12.3. The molecule has 0 bridgehead atoms. The number of imide groups is 1. The van der Waals surface area contributed by atoms with Crippen LogP contribution < -0.4 is 5.32 Å². The molecule has 7 nitrogen and oxygen atoms in total. The van der Waals surface area contributed by atoms with E-state index in [9.17, 15) is 19.2 Å². The van der Waals surface area contributed by atoms with Crippen LogP contribution in [0.3, 0.4) is 0 Å². The molecule has 3 amide bonds. The van der Waals surface area contributed by atoms with Gasteiger partial charge in [-0.2, -0.15) is 0 Å². The van der Waals surface area contributed by atoms with Gasteiger partial charge in [0.05, 0.1) is 18.2 Å². The zero-order chi connectivity index (χ0) is 20.1. The van der Waals surface area contributed by atoms with Crippen molar-refractivity contribution in [2.45, 2.75) is 18.9 Å². The van der Waals surface area contributed by atoms with E-state index < -0.39 is 29.7 Å². The van der Waals surface area contributed by atoms with Gasteiger partial charge < -0.3 is 10.1 Å². The number of ether oxygens (including phenoxy) is 1. The van der Waals surface area contributed by atoms with Crippen LogP contribution in [-0.4, -0.2) is 48.3 Å². The fraction of sp³-hybridized carbons (Fsp3) is 0.238. The first kappa shape index (κ1) is 19.3. The van der Waals surface area contributed by atoms with Crippen molar-refractivity contribution in [2.24, 2.45) is 0 Å². The molecule has 3 rings (SSSR count). The summed E-state index contributed by atoms with van der Waals surface area (Å²) in [7, 11) is 1.26. The van der Waals surface area contributed by atoms with Gasteiger partial charge in [0.25, 0.3) is 11.8 Å². The van der Waals surface area contributed by atoms with Gasteiger partial charge in [-0.15, -0.1) is 0 Å². The summed E-state index contributed by atoms with van der Waals surface area (Å²) >= 11 is 0. The van der Waals surface area contributed by atoms with Crippen LogP contribution in [0.25, 0.3) is 0 Å². The van der Waals surface area contributed by atoms with Crippen LogP contribution in [0.5, 0.6) is 0 Å². The lowest BCUT2D eigenvalue weighted by atomic mass is 10.1. The summed E-state index contributed by atoms with van der Waals surface area (Å²) in [5.41, 5.74) is 1.55. The Kier molecular flexibility index (Phi) is 5.84. The molecule has 0 aliphatic carbocycles. The molecule has 1 aliphatic heterocycles. The van der Waals surface area contributed by atoms with Crippen molar-refractivity contribution in [3.8, 4) is 0 Å². The number of carbonyl (C=O) groups is 4. The molecule has 1 unspecified atom stereocenters. The summed E-state index contributed by atoms with van der Waals surface area (Å²) < 4.78 is 4.77. The SMILES string of the molecule is COC(=O)C(Cc1ccccc1)NC(=O)CCN1C(=O)c2ccccc2C1=O. The summed E-state index contributed by atoms with van der Waals surface area (Å²) in [5, 5.41) is 2.63. The molecule has 2 aromatic carbocycles. The molecule has 1 atom stereocenters. The summed E-state index contributed by atoms with van der Waals surface area (Å²) in [6, 6.07) is 14.9. The van der Waals surface area contributed by atoms with Gasteiger partial charge in [0, 0.05) is 19.4 Å². The smallest absolute Gasteiger partial charge is 0.328 e. The first-order chi connectivity index (χ1) is 13.5. The summed E-state index contributed by atoms with van der Waals surface area (Å²) in [6.45, 7) is -0.0581. The number of rotatable bonds is 7. The third kappa shape index (κ3) is 4.09. The van der Waals surface area contributed by atoms with E-state index in [-0.39, 0.29) is 19.4 Å². The number of benzene rings is 2. The molecule has 0 aromatic heterocycles. The highest BCUT2D eigenvalue weighted by molar-refractivity contribution is 6.21. The topological polar surface area (TPSA) is 92.8 Å². The van der Waals surface area contributed by atoms with E-state index in [1.807, 2.05) is 30.3 Å². The Morgan fingerprint density at radius 2 is 1.54 bits per heavy atom. The number of hydrogen-bond donors (Lipinski definition) is 1. The molecule has 1 N–H and O–H groups in total. The van der Waals surface area contributed by atoms with Crippen molar-refractivity contribution in [1.82, 2.24) is 10.2 Å². The molecule has 1 heterocycles. The van der Waals surface area contributed by atoms with Gasteiger partial charge >= 0.3 is 5.97 Å². The Hall–Kier alpha value is -3.48. The van der Waals surface area contributed by atoms with E-state index in [1.165, 1.54) is 7.11 Å². The van der Waals surface area contributed by atoms with E-state index in [4.69, 9.17) is 4.74 Å². The third-order valence-electron chi connectivity index (χ3n) is 4.54. The molecule has 7 heteroatoms. The standard InChI is InChI=1S/C21H20N2O5/c1-28-21(27)17(13-14-7-3-2-4-8-14)22-18(24)11-12-23-19(25)15-9-5-6-10-16(15)20(23)26/h2-10,17H,11-13H2,1H3,(H,22,24). The Morgan fingerprint density at radius 3 is 2.11 bits per heavy atom. The minimum Gasteiger partial charge on any atom is -0.467 e. The normalized spacial score (nSPS) is 13.8. The van der Waals surface area contributed by atoms with E-state index in [0.29, 0.717) is 11.1 Å². The van der Waals surface area contributed by atoms with Crippen molar-refractivity contribution in [2.75, 3.05) is 13.7 Å². The average Bonchev–Trinajstić information content (AvgIpc) is 2.96. The van der Waals surface area contributed by atoms with Crippen LogP contribution in [0.4, 0.5) is 0 Å². The lowest BCUT2D eigenvalue weighted by molar-refractivity contribution is -0.145. The third-order valence-corrected chi connectivity index (χ3v) is 4.54. The van der Waals surface area contributed by atoms with Gasteiger partial charge in [-0.1, -0.05) is 42.5 Å². The number of amides is 3. The summed E-state index contributed by atoms with van der Waals surface area (Å²) in [4.78, 5) is 50.1. The second-order valence-electron chi connectivity index (χ2n) is 6.39. The number of fused-ring (bicyclic) bond motifs is 1. The number of nitrogens with one attached hydrogen (secondary N) is 1. The van der Waals surface area contributed by atoms with Crippen LogP contribution in [0.2, 0.25) is 0 Å². The van der Waals surface area contributed by atoms with Crippen molar-refractivity contribution < 1.29 is 23.9 Å². The molecule has 144 valence electrons. The minimum absolute atomic E-state index is 0.0581. The highest BCUT2D eigenvalue weighted by Gasteiger charge is 2.35. The lowest BCUT2D eigenvalue weighted by Gasteiger charge is -2.18. The van der Waals surface area contributed by atoms with Gasteiger partial charge in [-0.3, -0.25) is 19.3 Å². The molecule has 0 saturated heterocycles. The van der Waals surface area contributed by atoms with Crippen LogP contribution in [0.15, 0.2) is 54.6 Å². The Morgan fingerprint density at radius 1 is 0.964 bits per heavy atom. The monoisotopic (exact) mass is 380 g/mol. The maximum atomic E-state index is 12.3. The fourth-order valence-corrected chi connectivity index (χ4v) is 3.11. The lowest BCUT2D eigenvalue weighted by Crippen LogP contribution is -2.44. The molecule has 28 heavy (non-hydrogen) atoms. The van der Waals surface area contributed by atoms with E-state index in [2.05, 4.69) is 5.32 Å². The molecule has 2 aromatic rings.